The Morgan fingerprint density at radius 3 is 2.94 bits per heavy atom. The average molecular weight is 232 g/mol. The normalized spacial score (nSPS) is 12.8. The van der Waals surface area contributed by atoms with Crippen molar-refractivity contribution in [1.82, 2.24) is 4.57 Å². The van der Waals surface area contributed by atoms with Crippen LogP contribution in [0.15, 0.2) is 23.0 Å². The van der Waals surface area contributed by atoms with Gasteiger partial charge in [0.1, 0.15) is 11.3 Å². The number of pyridine rings is 1. The van der Waals surface area contributed by atoms with Crippen LogP contribution in [0, 0.1) is 17.0 Å². The van der Waals surface area contributed by atoms with Crippen LogP contribution in [0.2, 0.25) is 0 Å². The lowest BCUT2D eigenvalue weighted by atomic mass is 10.1. The molecule has 0 N–H and O–H groups in total. The molecule has 0 amide bonds. The van der Waals surface area contributed by atoms with E-state index < -0.39 is 4.92 Å². The van der Waals surface area contributed by atoms with E-state index in [9.17, 15) is 14.9 Å². The standard InChI is InChI=1S/C11H8N2O4/c1-6-4-9(14)12-5-17-8-3-2-7(13(15)16)10(6)11(8)12/h2-4H,5H2,1H3. The molecule has 6 nitrogen and oxygen atoms in total. The van der Waals surface area contributed by atoms with Gasteiger partial charge in [0.15, 0.2) is 6.73 Å². The van der Waals surface area contributed by atoms with E-state index >= 15 is 0 Å². The molecule has 2 heterocycles. The van der Waals surface area contributed by atoms with Gasteiger partial charge in [-0.25, -0.2) is 0 Å². The number of non-ortho nitro benzene ring substituents is 1. The van der Waals surface area contributed by atoms with Gasteiger partial charge in [-0.1, -0.05) is 0 Å². The summed E-state index contributed by atoms with van der Waals surface area (Å²) in [6.07, 6.45) is 0. The zero-order chi connectivity index (χ0) is 12.2. The smallest absolute Gasteiger partial charge is 0.279 e. The number of benzene rings is 1. The van der Waals surface area contributed by atoms with Crippen molar-refractivity contribution in [3.63, 3.8) is 0 Å². The fourth-order valence-corrected chi connectivity index (χ4v) is 2.19. The second-order valence-electron chi connectivity index (χ2n) is 3.93. The van der Waals surface area contributed by atoms with Crippen LogP contribution in [0.4, 0.5) is 5.69 Å². The lowest BCUT2D eigenvalue weighted by molar-refractivity contribution is -0.383. The Bertz CT molecular complexity index is 717. The van der Waals surface area contributed by atoms with Crippen molar-refractivity contribution < 1.29 is 9.66 Å². The molecule has 0 fully saturated rings. The molecule has 3 rings (SSSR count). The second kappa shape index (κ2) is 3.07. The van der Waals surface area contributed by atoms with E-state index in [1.165, 1.54) is 22.8 Å². The number of hydrogen-bond acceptors (Lipinski definition) is 4. The van der Waals surface area contributed by atoms with Gasteiger partial charge in [-0.3, -0.25) is 19.5 Å². The molecule has 2 aromatic rings. The molecule has 0 aliphatic carbocycles. The first-order valence-electron chi connectivity index (χ1n) is 5.04. The van der Waals surface area contributed by atoms with Gasteiger partial charge in [0.05, 0.1) is 10.3 Å². The number of aromatic nitrogens is 1. The highest BCUT2D eigenvalue weighted by Crippen LogP contribution is 2.36. The van der Waals surface area contributed by atoms with Gasteiger partial charge in [-0.05, 0) is 18.6 Å². The zero-order valence-electron chi connectivity index (χ0n) is 8.97. The number of nitro groups is 1. The van der Waals surface area contributed by atoms with E-state index in [4.69, 9.17) is 4.74 Å². The Labute approximate surface area is 95.2 Å². The summed E-state index contributed by atoms with van der Waals surface area (Å²) in [5.74, 6) is 0.520. The Kier molecular flexibility index (Phi) is 1.77. The van der Waals surface area contributed by atoms with Crippen LogP contribution in [-0.2, 0) is 6.73 Å². The number of nitro benzene ring substituents is 1. The molecule has 0 saturated heterocycles. The number of ether oxygens (including phenoxy) is 1. The first-order chi connectivity index (χ1) is 8.09. The summed E-state index contributed by atoms with van der Waals surface area (Å²) in [5, 5.41) is 11.4. The third kappa shape index (κ3) is 1.17. The summed E-state index contributed by atoms with van der Waals surface area (Å²) in [6.45, 7) is 1.81. The van der Waals surface area contributed by atoms with E-state index in [0.717, 1.165) is 0 Å². The average Bonchev–Trinajstić information content (AvgIpc) is 2.69. The largest absolute Gasteiger partial charge is 0.470 e. The molecule has 86 valence electrons. The summed E-state index contributed by atoms with van der Waals surface area (Å²) in [5.41, 5.74) is 0.916. The molecule has 6 heteroatoms. The fourth-order valence-electron chi connectivity index (χ4n) is 2.19. The molecular formula is C11H8N2O4. The second-order valence-corrected chi connectivity index (χ2v) is 3.93. The van der Waals surface area contributed by atoms with Crippen LogP contribution in [0.1, 0.15) is 5.56 Å². The minimum Gasteiger partial charge on any atom is -0.470 e. The fraction of sp³-hybridized carbons (Fsp3) is 0.182. The quantitative estimate of drug-likeness (QED) is 0.552. The van der Waals surface area contributed by atoms with Crippen molar-refractivity contribution in [2.24, 2.45) is 0 Å². The monoisotopic (exact) mass is 232 g/mol. The van der Waals surface area contributed by atoms with Crippen LogP contribution < -0.4 is 10.3 Å². The van der Waals surface area contributed by atoms with Crippen LogP contribution in [0.25, 0.3) is 10.9 Å². The maximum Gasteiger partial charge on any atom is 0.279 e. The highest BCUT2D eigenvalue weighted by molar-refractivity contribution is 5.95. The van der Waals surface area contributed by atoms with Crippen molar-refractivity contribution in [3.8, 4) is 5.75 Å². The van der Waals surface area contributed by atoms with Crippen LogP contribution in [-0.4, -0.2) is 9.49 Å². The molecule has 0 radical (unpaired) electrons. The summed E-state index contributed by atoms with van der Waals surface area (Å²) in [4.78, 5) is 22.2. The van der Waals surface area contributed by atoms with E-state index in [0.29, 0.717) is 22.2 Å². The third-order valence-electron chi connectivity index (χ3n) is 2.94. The topological polar surface area (TPSA) is 74.4 Å². The molecule has 17 heavy (non-hydrogen) atoms. The minimum absolute atomic E-state index is 0.000463. The highest BCUT2D eigenvalue weighted by Gasteiger charge is 2.24. The molecular weight excluding hydrogens is 224 g/mol. The predicted octanol–water partition coefficient (Wildman–Crippen LogP) is 1.57. The Hall–Kier alpha value is -2.37. The Balaban J connectivity index is 2.60. The summed E-state index contributed by atoms with van der Waals surface area (Å²) in [7, 11) is 0. The van der Waals surface area contributed by atoms with E-state index in [2.05, 4.69) is 0 Å². The van der Waals surface area contributed by atoms with E-state index in [-0.39, 0.29) is 18.0 Å². The number of nitrogens with zero attached hydrogens (tertiary/aromatic N) is 2. The maximum atomic E-state index is 11.7. The third-order valence-corrected chi connectivity index (χ3v) is 2.94. The molecule has 1 aromatic heterocycles. The van der Waals surface area contributed by atoms with E-state index in [1.54, 1.807) is 6.92 Å². The first kappa shape index (κ1) is 9.83. The SMILES string of the molecule is Cc1cc(=O)n2c3c(ccc([N+](=O)[O-])c13)OC2. The van der Waals surface area contributed by atoms with Gasteiger partial charge in [0, 0.05) is 12.1 Å². The van der Waals surface area contributed by atoms with Crippen molar-refractivity contribution >= 4 is 16.6 Å². The van der Waals surface area contributed by atoms with Crippen molar-refractivity contribution in [3.05, 3.63) is 44.2 Å². The van der Waals surface area contributed by atoms with Crippen molar-refractivity contribution in [2.45, 2.75) is 13.7 Å². The van der Waals surface area contributed by atoms with Crippen molar-refractivity contribution in [2.75, 3.05) is 0 Å². The van der Waals surface area contributed by atoms with Gasteiger partial charge in [0.2, 0.25) is 0 Å². The lowest BCUT2D eigenvalue weighted by Gasteiger charge is -2.04. The number of rotatable bonds is 1. The molecule has 0 atom stereocenters. The Morgan fingerprint density at radius 1 is 1.47 bits per heavy atom. The van der Waals surface area contributed by atoms with Gasteiger partial charge < -0.3 is 4.74 Å². The summed E-state index contributed by atoms with van der Waals surface area (Å²) >= 11 is 0. The van der Waals surface area contributed by atoms with E-state index in [1.807, 2.05) is 0 Å². The predicted molar refractivity (Wildman–Crippen MR) is 60.2 cm³/mol. The van der Waals surface area contributed by atoms with Gasteiger partial charge in [-0.15, -0.1) is 0 Å². The lowest BCUT2D eigenvalue weighted by Crippen LogP contribution is -2.18. The first-order valence-corrected chi connectivity index (χ1v) is 5.04. The van der Waals surface area contributed by atoms with Crippen LogP contribution >= 0.6 is 0 Å². The molecule has 0 bridgehead atoms. The summed E-state index contributed by atoms with van der Waals surface area (Å²) < 4.78 is 6.73. The molecule has 0 spiro atoms. The molecule has 0 saturated carbocycles. The zero-order valence-corrected chi connectivity index (χ0v) is 8.97. The summed E-state index contributed by atoms with van der Waals surface area (Å²) in [6, 6.07) is 4.33. The van der Waals surface area contributed by atoms with Gasteiger partial charge in [0.25, 0.3) is 11.2 Å². The Morgan fingerprint density at radius 2 is 2.24 bits per heavy atom. The maximum absolute atomic E-state index is 11.7. The van der Waals surface area contributed by atoms with Crippen LogP contribution in [0.5, 0.6) is 5.75 Å². The number of aryl methyl sites for hydroxylation is 1. The van der Waals surface area contributed by atoms with Gasteiger partial charge >= 0.3 is 0 Å². The molecule has 1 aliphatic heterocycles. The molecule has 0 unspecified atom stereocenters. The minimum atomic E-state index is -0.445. The molecule has 1 aromatic carbocycles. The van der Waals surface area contributed by atoms with Crippen LogP contribution in [0.3, 0.4) is 0 Å². The van der Waals surface area contributed by atoms with Gasteiger partial charge in [-0.2, -0.15) is 0 Å². The molecule has 1 aliphatic rings. The highest BCUT2D eigenvalue weighted by atomic mass is 16.6. The number of hydrogen-bond donors (Lipinski definition) is 0. The van der Waals surface area contributed by atoms with Crippen molar-refractivity contribution in [1.29, 1.82) is 0 Å².